The molecule has 1 aliphatic rings. The van der Waals surface area contributed by atoms with E-state index in [9.17, 15) is 4.79 Å². The van der Waals surface area contributed by atoms with Crippen molar-refractivity contribution in [1.82, 2.24) is 19.9 Å². The highest BCUT2D eigenvalue weighted by Gasteiger charge is 2.29. The predicted octanol–water partition coefficient (Wildman–Crippen LogP) is 3.42. The highest BCUT2D eigenvalue weighted by molar-refractivity contribution is 5.97. The van der Waals surface area contributed by atoms with Gasteiger partial charge in [0.05, 0.1) is 17.4 Å². The lowest BCUT2D eigenvalue weighted by atomic mass is 9.98. The Morgan fingerprint density at radius 3 is 3.08 bits per heavy atom. The molecule has 3 aromatic rings. The molecule has 0 radical (unpaired) electrons. The molecule has 0 bridgehead atoms. The highest BCUT2D eigenvalue weighted by atomic mass is 16.3. The topological polar surface area (TPSA) is 87.1 Å². The van der Waals surface area contributed by atoms with Crippen LogP contribution >= 0.6 is 0 Å². The van der Waals surface area contributed by atoms with Crippen molar-refractivity contribution in [3.05, 3.63) is 30.9 Å². The minimum Gasteiger partial charge on any atom is -0.444 e. The maximum absolute atomic E-state index is 12.3. The van der Waals surface area contributed by atoms with Crippen LogP contribution in [-0.2, 0) is 4.79 Å². The fourth-order valence-electron chi connectivity index (χ4n) is 3.66. The lowest BCUT2D eigenvalue weighted by Gasteiger charge is -2.38. The Kier molecular flexibility index (Phi) is 4.36. The molecule has 1 aliphatic heterocycles. The van der Waals surface area contributed by atoms with E-state index in [0.717, 1.165) is 35.1 Å². The monoisotopic (exact) mass is 353 g/mol. The number of anilines is 1. The van der Waals surface area contributed by atoms with E-state index in [2.05, 4.69) is 27.2 Å². The van der Waals surface area contributed by atoms with Gasteiger partial charge in [0.15, 0.2) is 0 Å². The van der Waals surface area contributed by atoms with Crippen molar-refractivity contribution in [1.29, 1.82) is 0 Å². The Balaban J connectivity index is 1.67. The van der Waals surface area contributed by atoms with Crippen LogP contribution in [-0.4, -0.2) is 44.4 Å². The Bertz CT molecular complexity index is 902. The summed E-state index contributed by atoms with van der Waals surface area (Å²) in [6.07, 6.45) is 9.36. The summed E-state index contributed by atoms with van der Waals surface area (Å²) in [4.78, 5) is 26.1. The zero-order chi connectivity index (χ0) is 18.1. The zero-order valence-electron chi connectivity index (χ0n) is 15.0. The maximum atomic E-state index is 12.3. The van der Waals surface area contributed by atoms with Gasteiger partial charge in [-0.25, -0.2) is 9.97 Å². The molecular formula is C19H23N5O2. The van der Waals surface area contributed by atoms with E-state index in [1.165, 1.54) is 0 Å². The summed E-state index contributed by atoms with van der Waals surface area (Å²) in [7, 11) is 0. The van der Waals surface area contributed by atoms with Crippen molar-refractivity contribution < 1.29 is 9.21 Å². The number of nitrogens with one attached hydrogen (secondary N) is 2. The molecule has 7 heteroatoms. The van der Waals surface area contributed by atoms with E-state index in [-0.39, 0.29) is 18.0 Å². The van der Waals surface area contributed by atoms with Crippen LogP contribution in [0.3, 0.4) is 0 Å². The fourth-order valence-corrected chi connectivity index (χ4v) is 3.66. The third-order valence-electron chi connectivity index (χ3n) is 5.10. The molecule has 0 spiro atoms. The average Bonchev–Trinajstić information content (AvgIpc) is 3.34. The van der Waals surface area contributed by atoms with Gasteiger partial charge < -0.3 is 19.6 Å². The van der Waals surface area contributed by atoms with Crippen molar-refractivity contribution in [2.45, 2.75) is 45.2 Å². The number of piperidine rings is 1. The number of hydrogen-bond donors (Lipinski definition) is 2. The summed E-state index contributed by atoms with van der Waals surface area (Å²) >= 11 is 0. The molecule has 2 atom stereocenters. The van der Waals surface area contributed by atoms with Gasteiger partial charge >= 0.3 is 0 Å². The van der Waals surface area contributed by atoms with Crippen molar-refractivity contribution in [3.8, 4) is 11.5 Å². The molecule has 0 aliphatic carbocycles. The Hall–Kier alpha value is -2.83. The van der Waals surface area contributed by atoms with E-state index in [4.69, 9.17) is 4.42 Å². The fraction of sp³-hybridized carbons (Fsp3) is 0.421. The third-order valence-corrected chi connectivity index (χ3v) is 5.10. The number of H-pyrrole nitrogens is 1. The molecule has 3 aromatic heterocycles. The van der Waals surface area contributed by atoms with Gasteiger partial charge in [-0.05, 0) is 25.8 Å². The van der Waals surface area contributed by atoms with Crippen molar-refractivity contribution >= 4 is 22.6 Å². The highest BCUT2D eigenvalue weighted by Crippen LogP contribution is 2.34. The normalized spacial score (nSPS) is 20.5. The van der Waals surface area contributed by atoms with Gasteiger partial charge in [-0.3, -0.25) is 4.79 Å². The first-order chi connectivity index (χ1) is 12.7. The van der Waals surface area contributed by atoms with E-state index >= 15 is 0 Å². The van der Waals surface area contributed by atoms with E-state index in [1.54, 1.807) is 18.7 Å². The van der Waals surface area contributed by atoms with Gasteiger partial charge in [0, 0.05) is 42.8 Å². The van der Waals surface area contributed by atoms with Crippen LogP contribution in [0.4, 0.5) is 5.69 Å². The number of rotatable bonds is 4. The van der Waals surface area contributed by atoms with E-state index in [1.807, 2.05) is 24.1 Å². The number of amides is 1. The Morgan fingerprint density at radius 1 is 1.42 bits per heavy atom. The zero-order valence-corrected chi connectivity index (χ0v) is 15.0. The van der Waals surface area contributed by atoms with Gasteiger partial charge in [-0.2, -0.15) is 0 Å². The molecule has 26 heavy (non-hydrogen) atoms. The van der Waals surface area contributed by atoms with Crippen molar-refractivity contribution in [2.24, 2.45) is 0 Å². The number of aromatic nitrogens is 3. The number of carbonyl (C=O) groups excluding carboxylic acids is 1. The number of fused-ring (bicyclic) bond motifs is 1. The number of oxazole rings is 1. The van der Waals surface area contributed by atoms with Crippen LogP contribution in [0.15, 0.2) is 35.3 Å². The molecule has 0 saturated carbocycles. The number of aromatic amines is 1. The molecular weight excluding hydrogens is 330 g/mol. The van der Waals surface area contributed by atoms with Crippen molar-refractivity contribution in [2.75, 3.05) is 11.9 Å². The van der Waals surface area contributed by atoms with Crippen LogP contribution in [0.5, 0.6) is 0 Å². The molecule has 1 amide bonds. The number of nitrogens with zero attached hydrogens (tertiary/aromatic N) is 3. The van der Waals surface area contributed by atoms with Crippen molar-refractivity contribution in [3.63, 3.8) is 0 Å². The van der Waals surface area contributed by atoms with Crippen LogP contribution in [0.2, 0.25) is 0 Å². The van der Waals surface area contributed by atoms with E-state index < -0.39 is 0 Å². The molecule has 7 nitrogen and oxygen atoms in total. The summed E-state index contributed by atoms with van der Waals surface area (Å²) in [5.41, 5.74) is 2.59. The van der Waals surface area contributed by atoms with Gasteiger partial charge in [-0.1, -0.05) is 6.92 Å². The minimum atomic E-state index is 0.177. The van der Waals surface area contributed by atoms with Gasteiger partial charge in [0.25, 0.3) is 0 Å². The second kappa shape index (κ2) is 6.82. The molecule has 4 heterocycles. The molecule has 0 unspecified atom stereocenters. The first-order valence-electron chi connectivity index (χ1n) is 9.09. The van der Waals surface area contributed by atoms with Crippen LogP contribution < -0.4 is 5.32 Å². The number of likely N-dealkylation sites (tertiary alicyclic amines) is 1. The average molecular weight is 353 g/mol. The van der Waals surface area contributed by atoms with Crippen LogP contribution in [0, 0.1) is 0 Å². The lowest BCUT2D eigenvalue weighted by Crippen LogP contribution is -2.49. The van der Waals surface area contributed by atoms with Gasteiger partial charge in [0.2, 0.25) is 11.8 Å². The standard InChI is InChI=1S/C19H23N5O2/c1-3-16(25)24-11-13(5-4-12(24)2)23-17-14-6-7-20-18(14)22-10-15(17)19-21-8-9-26-19/h6-10,12-13H,3-5,11H2,1-2H3,(H2,20,22,23)/t12-,13+/m0/s1. The first-order valence-corrected chi connectivity index (χ1v) is 9.09. The maximum Gasteiger partial charge on any atom is 0.229 e. The molecule has 1 fully saturated rings. The SMILES string of the molecule is CCC(=O)N1C[C@H](Nc2c(-c3ncco3)cnc3[nH]ccc23)CC[C@@H]1C. The largest absolute Gasteiger partial charge is 0.444 e. The molecule has 136 valence electrons. The summed E-state index contributed by atoms with van der Waals surface area (Å²) in [6, 6.07) is 2.46. The summed E-state index contributed by atoms with van der Waals surface area (Å²) in [5, 5.41) is 4.64. The second-order valence-corrected chi connectivity index (χ2v) is 6.79. The molecule has 4 rings (SSSR count). The number of carbonyl (C=O) groups is 1. The predicted molar refractivity (Wildman–Crippen MR) is 99.7 cm³/mol. The number of hydrogen-bond acceptors (Lipinski definition) is 5. The van der Waals surface area contributed by atoms with Crippen LogP contribution in [0.25, 0.3) is 22.5 Å². The second-order valence-electron chi connectivity index (χ2n) is 6.79. The summed E-state index contributed by atoms with van der Waals surface area (Å²) in [6.45, 7) is 4.74. The van der Waals surface area contributed by atoms with Crippen LogP contribution in [0.1, 0.15) is 33.1 Å². The summed E-state index contributed by atoms with van der Waals surface area (Å²) < 4.78 is 5.50. The van der Waals surface area contributed by atoms with Gasteiger partial charge in [0.1, 0.15) is 11.9 Å². The smallest absolute Gasteiger partial charge is 0.229 e. The Labute approximate surface area is 151 Å². The number of pyridine rings is 1. The molecule has 1 saturated heterocycles. The minimum absolute atomic E-state index is 0.177. The summed E-state index contributed by atoms with van der Waals surface area (Å²) in [5.74, 6) is 0.743. The van der Waals surface area contributed by atoms with Gasteiger partial charge in [-0.15, -0.1) is 0 Å². The molecule has 0 aromatic carbocycles. The third kappa shape index (κ3) is 2.94. The first kappa shape index (κ1) is 16.6. The lowest BCUT2D eigenvalue weighted by molar-refractivity contribution is -0.134. The van der Waals surface area contributed by atoms with E-state index in [0.29, 0.717) is 18.9 Å². The molecule has 2 N–H and O–H groups in total. The quantitative estimate of drug-likeness (QED) is 0.750. The Morgan fingerprint density at radius 2 is 2.31 bits per heavy atom.